The van der Waals surface area contributed by atoms with E-state index in [1.54, 1.807) is 0 Å². The summed E-state index contributed by atoms with van der Waals surface area (Å²) in [4.78, 5) is 0. The maximum absolute atomic E-state index is 14.6. The smallest absolute Gasteiger partial charge is 0.218 e. The quantitative estimate of drug-likeness (QED) is 0.278. The van der Waals surface area contributed by atoms with Crippen LogP contribution in [0.4, 0.5) is 48.3 Å². The van der Waals surface area contributed by atoms with Crippen LogP contribution >= 0.6 is 22.6 Å². The molecule has 0 aliphatic rings. The Hall–Kier alpha value is -1.60. The van der Waals surface area contributed by atoms with Gasteiger partial charge in [0.25, 0.3) is 0 Å². The molecular weight excluding hydrogens is 528 g/mol. The Morgan fingerprint density at radius 3 is 1.68 bits per heavy atom. The van der Waals surface area contributed by atoms with E-state index in [-0.39, 0.29) is 6.07 Å². The van der Waals surface area contributed by atoms with Crippen molar-refractivity contribution in [1.29, 1.82) is 0 Å². The lowest BCUT2D eigenvalue weighted by atomic mass is 9.85. The van der Waals surface area contributed by atoms with E-state index in [4.69, 9.17) is 0 Å². The molecule has 0 bridgehead atoms. The first-order chi connectivity index (χ1) is 12.5. The Bertz CT molecular complexity index is 864. The third-order valence-electron chi connectivity index (χ3n) is 3.68. The van der Waals surface area contributed by atoms with Gasteiger partial charge in [0.05, 0.1) is 5.56 Å². The van der Waals surface area contributed by atoms with E-state index in [0.29, 0.717) is 6.07 Å². The van der Waals surface area contributed by atoms with E-state index < -0.39 is 61.9 Å². The van der Waals surface area contributed by atoms with Crippen molar-refractivity contribution in [1.82, 2.24) is 0 Å². The molecule has 0 N–H and O–H groups in total. The molecule has 0 amide bonds. The number of alkyl halides is 10. The molecule has 12 heteroatoms. The van der Waals surface area contributed by atoms with Gasteiger partial charge >= 0.3 is 24.2 Å². The van der Waals surface area contributed by atoms with Gasteiger partial charge in [-0.3, -0.25) is 0 Å². The molecule has 0 radical (unpaired) electrons. The fraction of sp³-hybridized carbons (Fsp3) is 0.250. The van der Waals surface area contributed by atoms with Crippen molar-refractivity contribution in [3.05, 3.63) is 56.9 Å². The van der Waals surface area contributed by atoms with Gasteiger partial charge in [-0.25, -0.2) is 8.78 Å². The van der Waals surface area contributed by atoms with Crippen LogP contribution in [0, 0.1) is 9.39 Å². The Labute approximate surface area is 163 Å². The van der Waals surface area contributed by atoms with Crippen LogP contribution < -0.4 is 0 Å². The highest BCUT2D eigenvalue weighted by molar-refractivity contribution is 14.1. The van der Waals surface area contributed by atoms with Crippen molar-refractivity contribution >= 4 is 22.6 Å². The highest BCUT2D eigenvalue weighted by Gasteiger charge is 2.74. The Kier molecular flexibility index (Phi) is 5.69. The molecule has 0 fully saturated rings. The molecule has 0 spiro atoms. The fourth-order valence-electron chi connectivity index (χ4n) is 2.45. The van der Waals surface area contributed by atoms with Crippen LogP contribution in [0.3, 0.4) is 0 Å². The zero-order valence-corrected chi connectivity index (χ0v) is 15.2. The molecule has 0 aliphatic carbocycles. The second-order valence-corrected chi connectivity index (χ2v) is 6.70. The molecule has 154 valence electrons. The van der Waals surface area contributed by atoms with Gasteiger partial charge in [0, 0.05) is 14.7 Å². The van der Waals surface area contributed by atoms with Gasteiger partial charge in [0.15, 0.2) is 0 Å². The van der Waals surface area contributed by atoms with Gasteiger partial charge in [0.1, 0.15) is 5.82 Å². The predicted octanol–water partition coefficient (Wildman–Crippen LogP) is 7.41. The molecule has 0 saturated heterocycles. The van der Waals surface area contributed by atoms with Gasteiger partial charge in [0.2, 0.25) is 0 Å². The van der Waals surface area contributed by atoms with Crippen molar-refractivity contribution in [3.8, 4) is 11.1 Å². The van der Waals surface area contributed by atoms with E-state index in [1.165, 1.54) is 0 Å². The largest absolute Gasteiger partial charge is 0.435 e. The monoisotopic (exact) mass is 534 g/mol. The molecule has 0 saturated carbocycles. The van der Waals surface area contributed by atoms with Gasteiger partial charge < -0.3 is 0 Å². The zero-order valence-electron chi connectivity index (χ0n) is 13.0. The number of halogens is 12. The summed E-state index contributed by atoms with van der Waals surface area (Å²) in [5.41, 5.74) is -12.2. The van der Waals surface area contributed by atoms with Crippen LogP contribution in [0.2, 0.25) is 0 Å². The van der Waals surface area contributed by atoms with Crippen LogP contribution in [0.25, 0.3) is 11.1 Å². The summed E-state index contributed by atoms with van der Waals surface area (Å²) in [7, 11) is 0. The molecule has 0 heterocycles. The summed E-state index contributed by atoms with van der Waals surface area (Å²) >= 11 is 1.04. The highest BCUT2D eigenvalue weighted by Crippen LogP contribution is 2.56. The first-order valence-electron chi connectivity index (χ1n) is 6.99. The predicted molar refractivity (Wildman–Crippen MR) is 84.5 cm³/mol. The van der Waals surface area contributed by atoms with Gasteiger partial charge in [-0.05, 0) is 52.4 Å². The third kappa shape index (κ3) is 3.92. The summed E-state index contributed by atoms with van der Waals surface area (Å²) in [6, 6.07) is 2.74. The minimum Gasteiger partial charge on any atom is -0.218 e. The Morgan fingerprint density at radius 2 is 1.25 bits per heavy atom. The van der Waals surface area contributed by atoms with Crippen molar-refractivity contribution in [3.63, 3.8) is 0 Å². The average Bonchev–Trinajstić information content (AvgIpc) is 2.50. The van der Waals surface area contributed by atoms with E-state index in [1.807, 2.05) is 0 Å². The summed E-state index contributed by atoms with van der Waals surface area (Å²) in [6.07, 6.45) is -18.6. The lowest BCUT2D eigenvalue weighted by Crippen LogP contribution is -2.51. The van der Waals surface area contributed by atoms with Gasteiger partial charge in [-0.2, -0.15) is 39.5 Å². The molecule has 0 unspecified atom stereocenters. The summed E-state index contributed by atoms with van der Waals surface area (Å²) in [6.45, 7) is 0. The number of rotatable bonds is 2. The lowest BCUT2D eigenvalue weighted by Gasteiger charge is -2.33. The average molecular weight is 534 g/mol. The van der Waals surface area contributed by atoms with Crippen molar-refractivity contribution in [2.45, 2.75) is 24.2 Å². The van der Waals surface area contributed by atoms with E-state index >= 15 is 0 Å². The Morgan fingerprint density at radius 1 is 0.714 bits per heavy atom. The maximum Gasteiger partial charge on any atom is 0.435 e. The zero-order chi connectivity index (χ0) is 21.7. The third-order valence-corrected chi connectivity index (χ3v) is 4.53. The SMILES string of the molecule is Fc1cccc(-c2c(I)cc(C(F)(F)F)cc2C(F)(C(F)(F)F)C(F)(F)F)c1. The second-order valence-electron chi connectivity index (χ2n) is 5.54. The molecular formula is C16H6F11I. The van der Waals surface area contributed by atoms with Crippen LogP contribution in [0.1, 0.15) is 11.1 Å². The first kappa shape index (κ1) is 22.7. The molecule has 0 nitrogen and oxygen atoms in total. The molecule has 2 rings (SSSR count). The van der Waals surface area contributed by atoms with Crippen LogP contribution in [-0.4, -0.2) is 12.4 Å². The fourth-order valence-corrected chi connectivity index (χ4v) is 3.38. The summed E-state index contributed by atoms with van der Waals surface area (Å²) < 4.78 is 145. The van der Waals surface area contributed by atoms with Crippen molar-refractivity contribution < 1.29 is 48.3 Å². The lowest BCUT2D eigenvalue weighted by molar-refractivity contribution is -0.348. The number of hydrogen-bond donors (Lipinski definition) is 0. The maximum atomic E-state index is 14.6. The number of hydrogen-bond acceptors (Lipinski definition) is 0. The van der Waals surface area contributed by atoms with Crippen LogP contribution in [0.15, 0.2) is 36.4 Å². The van der Waals surface area contributed by atoms with Gasteiger partial charge in [-0.1, -0.05) is 12.1 Å². The minimum atomic E-state index is -6.64. The first-order valence-corrected chi connectivity index (χ1v) is 8.07. The standard InChI is InChI=1S/C16H6F11I/c17-9-3-1-2-7(4-9)12-10(5-8(6-11(12)28)14(19,20)21)13(18,15(22,23)24)16(25,26)27/h1-6H. The minimum absolute atomic E-state index is 0.247. The van der Waals surface area contributed by atoms with E-state index in [9.17, 15) is 48.3 Å². The molecule has 0 atom stereocenters. The van der Waals surface area contributed by atoms with Crippen LogP contribution in [0.5, 0.6) is 0 Å². The van der Waals surface area contributed by atoms with Crippen molar-refractivity contribution in [2.75, 3.05) is 0 Å². The van der Waals surface area contributed by atoms with Gasteiger partial charge in [-0.15, -0.1) is 0 Å². The Balaban J connectivity index is 3.03. The molecule has 0 aliphatic heterocycles. The van der Waals surface area contributed by atoms with Crippen molar-refractivity contribution in [2.24, 2.45) is 0 Å². The van der Waals surface area contributed by atoms with Crippen LogP contribution in [-0.2, 0) is 11.8 Å². The molecule has 28 heavy (non-hydrogen) atoms. The summed E-state index contributed by atoms with van der Waals surface area (Å²) in [5.74, 6) is -1.09. The molecule has 2 aromatic rings. The summed E-state index contributed by atoms with van der Waals surface area (Å²) in [5, 5.41) is 0. The number of benzene rings is 2. The highest BCUT2D eigenvalue weighted by atomic mass is 127. The molecule has 0 aromatic heterocycles. The second kappa shape index (κ2) is 7.02. The molecule has 2 aromatic carbocycles. The normalized spacial score (nSPS) is 13.7. The topological polar surface area (TPSA) is 0 Å². The van der Waals surface area contributed by atoms with E-state index in [0.717, 1.165) is 40.8 Å². The van der Waals surface area contributed by atoms with E-state index in [2.05, 4.69) is 0 Å².